The molecule has 0 N–H and O–H groups in total. The molecule has 6 heteroatoms. The summed E-state index contributed by atoms with van der Waals surface area (Å²) >= 11 is 1.89. The number of rotatable bonds is 10. The van der Waals surface area contributed by atoms with Crippen LogP contribution in [0, 0.1) is 0 Å². The Labute approximate surface area is 188 Å². The summed E-state index contributed by atoms with van der Waals surface area (Å²) in [6.45, 7) is 0.958. The van der Waals surface area contributed by atoms with Crippen molar-refractivity contribution < 1.29 is 23.3 Å². The van der Waals surface area contributed by atoms with E-state index in [0.29, 0.717) is 17.2 Å². The lowest BCUT2D eigenvalue weighted by Crippen LogP contribution is -2.36. The molecular formula is C25H30N2O3S+2. The van der Waals surface area contributed by atoms with Crippen LogP contribution in [0.5, 0.6) is 17.2 Å². The molecule has 0 fully saturated rings. The predicted molar refractivity (Wildman–Crippen MR) is 125 cm³/mol. The van der Waals surface area contributed by atoms with Crippen LogP contribution < -0.4 is 23.3 Å². The van der Waals surface area contributed by atoms with Gasteiger partial charge in [-0.15, -0.1) is 0 Å². The Balaban J connectivity index is 1.69. The summed E-state index contributed by atoms with van der Waals surface area (Å²) in [6.07, 6.45) is 9.47. The van der Waals surface area contributed by atoms with E-state index in [4.69, 9.17) is 14.2 Å². The molecule has 0 saturated carbocycles. The molecule has 3 rings (SSSR count). The zero-order valence-corrected chi connectivity index (χ0v) is 19.4. The number of thioether (sulfide) groups is 1. The largest absolute Gasteiger partial charge is 0.493 e. The maximum atomic E-state index is 5.46. The number of hydrogen-bond acceptors (Lipinski definition) is 4. The average Bonchev–Trinajstić information content (AvgIpc) is 2.81. The van der Waals surface area contributed by atoms with E-state index >= 15 is 0 Å². The third-order valence-electron chi connectivity index (χ3n) is 4.91. The highest BCUT2D eigenvalue weighted by molar-refractivity contribution is 7.99. The minimum Gasteiger partial charge on any atom is -0.493 e. The van der Waals surface area contributed by atoms with E-state index in [-0.39, 0.29) is 0 Å². The fourth-order valence-electron chi connectivity index (χ4n) is 3.29. The van der Waals surface area contributed by atoms with E-state index < -0.39 is 0 Å². The number of hydrogen-bond donors (Lipinski definition) is 0. The van der Waals surface area contributed by atoms with Crippen molar-refractivity contribution in [2.24, 2.45) is 7.05 Å². The molecule has 2 heterocycles. The first-order valence-corrected chi connectivity index (χ1v) is 11.2. The first-order valence-electron chi connectivity index (χ1n) is 10.2. The minimum atomic E-state index is 0.598. The van der Waals surface area contributed by atoms with Crippen molar-refractivity contribution in [1.82, 2.24) is 0 Å². The summed E-state index contributed by atoms with van der Waals surface area (Å²) in [7, 11) is 6.95. The third-order valence-corrected chi connectivity index (χ3v) is 6.12. The molecule has 0 aliphatic rings. The Morgan fingerprint density at radius 1 is 0.871 bits per heavy atom. The lowest BCUT2D eigenvalue weighted by atomic mass is 10.1. The smallest absolute Gasteiger partial charge is 0.239 e. The molecule has 0 atom stereocenters. The van der Waals surface area contributed by atoms with Crippen molar-refractivity contribution in [2.75, 3.05) is 27.1 Å². The summed E-state index contributed by atoms with van der Waals surface area (Å²) in [6, 6.07) is 16.4. The molecule has 162 valence electrons. The number of aromatic nitrogens is 2. The SMILES string of the molecule is COc1cc(/C=C/c2cccc[n+]2CCCSc2cccc[n+]2C)cc(OC)c1OC. The van der Waals surface area contributed by atoms with Gasteiger partial charge in [0.15, 0.2) is 23.9 Å². The van der Waals surface area contributed by atoms with E-state index in [1.165, 1.54) is 5.03 Å². The summed E-state index contributed by atoms with van der Waals surface area (Å²) in [5, 5.41) is 1.28. The lowest BCUT2D eigenvalue weighted by molar-refractivity contribution is -0.708. The van der Waals surface area contributed by atoms with Gasteiger partial charge in [-0.3, -0.25) is 0 Å². The predicted octanol–water partition coefficient (Wildman–Crippen LogP) is 4.18. The monoisotopic (exact) mass is 438 g/mol. The molecule has 2 aromatic heterocycles. The third kappa shape index (κ3) is 6.01. The highest BCUT2D eigenvalue weighted by atomic mass is 32.2. The maximum absolute atomic E-state index is 5.46. The number of aryl methyl sites for hydroxylation is 2. The Morgan fingerprint density at radius 3 is 2.26 bits per heavy atom. The van der Waals surface area contributed by atoms with Gasteiger partial charge in [-0.05, 0) is 35.9 Å². The summed E-state index contributed by atoms with van der Waals surface area (Å²) in [4.78, 5) is 0. The van der Waals surface area contributed by atoms with Crippen molar-refractivity contribution >= 4 is 23.9 Å². The lowest BCUT2D eigenvalue weighted by Gasteiger charge is -2.12. The van der Waals surface area contributed by atoms with E-state index in [1.807, 2.05) is 23.9 Å². The fourth-order valence-corrected chi connectivity index (χ4v) is 4.21. The van der Waals surface area contributed by atoms with Crippen LogP contribution in [0.15, 0.2) is 66.0 Å². The second-order valence-electron chi connectivity index (χ2n) is 6.96. The molecule has 0 amide bonds. The molecule has 1 aromatic carbocycles. The van der Waals surface area contributed by atoms with Gasteiger partial charge in [0, 0.05) is 42.5 Å². The van der Waals surface area contributed by atoms with Gasteiger partial charge in [-0.25, -0.2) is 0 Å². The van der Waals surface area contributed by atoms with Crippen LogP contribution in [-0.2, 0) is 13.6 Å². The Bertz CT molecular complexity index is 1010. The molecule has 3 aromatic rings. The van der Waals surface area contributed by atoms with Gasteiger partial charge in [0.2, 0.25) is 16.5 Å². The van der Waals surface area contributed by atoms with E-state index in [9.17, 15) is 0 Å². The number of methoxy groups -OCH3 is 3. The van der Waals surface area contributed by atoms with Crippen LogP contribution >= 0.6 is 11.8 Å². The van der Waals surface area contributed by atoms with Gasteiger partial charge in [0.25, 0.3) is 0 Å². The number of nitrogens with zero attached hydrogens (tertiary/aromatic N) is 2. The molecular weight excluding hydrogens is 408 g/mol. The maximum Gasteiger partial charge on any atom is 0.239 e. The topological polar surface area (TPSA) is 35.5 Å². The van der Waals surface area contributed by atoms with E-state index in [1.54, 1.807) is 21.3 Å². The van der Waals surface area contributed by atoms with Crippen molar-refractivity contribution in [3.05, 3.63) is 72.2 Å². The van der Waals surface area contributed by atoms with Crippen LogP contribution in [0.3, 0.4) is 0 Å². The standard InChI is InChI=1S/C25H30N2O3S/c1-26-14-7-6-11-24(26)31-17-9-16-27-15-8-5-10-21(27)13-12-20-18-22(28-2)25(30-4)23(19-20)29-3/h5-8,10-15,18-19H,9,16-17H2,1-4H3/q+2/b13-12+. The second kappa shape index (κ2) is 11.4. The van der Waals surface area contributed by atoms with Crippen LogP contribution in [0.2, 0.25) is 0 Å². The molecule has 0 spiro atoms. The number of benzene rings is 1. The van der Waals surface area contributed by atoms with Crippen LogP contribution in [0.1, 0.15) is 17.7 Å². The van der Waals surface area contributed by atoms with Crippen molar-refractivity contribution in [3.8, 4) is 17.2 Å². The fraction of sp³-hybridized carbons (Fsp3) is 0.280. The zero-order chi connectivity index (χ0) is 22.1. The molecule has 0 aliphatic heterocycles. The highest BCUT2D eigenvalue weighted by Gasteiger charge is 2.13. The van der Waals surface area contributed by atoms with Gasteiger partial charge >= 0.3 is 0 Å². The van der Waals surface area contributed by atoms with Crippen molar-refractivity contribution in [2.45, 2.75) is 18.0 Å². The Kier molecular flexibility index (Phi) is 8.35. The summed E-state index contributed by atoms with van der Waals surface area (Å²) in [5.74, 6) is 2.96. The molecule has 0 radical (unpaired) electrons. The van der Waals surface area contributed by atoms with Crippen LogP contribution in [0.25, 0.3) is 12.2 Å². The van der Waals surface area contributed by atoms with Gasteiger partial charge in [-0.1, -0.05) is 11.8 Å². The first-order chi connectivity index (χ1) is 15.2. The Morgan fingerprint density at radius 2 is 1.58 bits per heavy atom. The van der Waals surface area contributed by atoms with Crippen molar-refractivity contribution in [3.63, 3.8) is 0 Å². The van der Waals surface area contributed by atoms with E-state index in [0.717, 1.165) is 30.0 Å². The molecule has 0 unspecified atom stereocenters. The van der Waals surface area contributed by atoms with Gasteiger partial charge in [0.1, 0.15) is 13.6 Å². The number of pyridine rings is 2. The summed E-state index contributed by atoms with van der Waals surface area (Å²) < 4.78 is 20.8. The molecule has 31 heavy (non-hydrogen) atoms. The average molecular weight is 439 g/mol. The first kappa shape index (κ1) is 22.7. The Hall–Kier alpha value is -2.99. The van der Waals surface area contributed by atoms with Gasteiger partial charge in [-0.2, -0.15) is 9.13 Å². The zero-order valence-electron chi connectivity index (χ0n) is 18.6. The van der Waals surface area contributed by atoms with Crippen LogP contribution in [-0.4, -0.2) is 27.1 Å². The van der Waals surface area contributed by atoms with E-state index in [2.05, 4.69) is 77.1 Å². The second-order valence-corrected chi connectivity index (χ2v) is 8.08. The van der Waals surface area contributed by atoms with Crippen molar-refractivity contribution in [1.29, 1.82) is 0 Å². The molecule has 5 nitrogen and oxygen atoms in total. The highest BCUT2D eigenvalue weighted by Crippen LogP contribution is 2.38. The molecule has 0 bridgehead atoms. The van der Waals surface area contributed by atoms with Gasteiger partial charge in [0.05, 0.1) is 21.3 Å². The van der Waals surface area contributed by atoms with Gasteiger partial charge < -0.3 is 14.2 Å². The quantitative estimate of drug-likeness (QED) is 0.270. The molecule has 0 aliphatic carbocycles. The normalized spacial score (nSPS) is 11.0. The summed E-state index contributed by atoms with van der Waals surface area (Å²) in [5.41, 5.74) is 2.13. The minimum absolute atomic E-state index is 0.598. The molecule has 0 saturated heterocycles. The number of ether oxygens (including phenoxy) is 3. The van der Waals surface area contributed by atoms with Crippen LogP contribution in [0.4, 0.5) is 0 Å².